The Labute approximate surface area is 262 Å². The van der Waals surface area contributed by atoms with Gasteiger partial charge in [0.15, 0.2) is 5.60 Å². The number of allylic oxidation sites excluding steroid dienone is 1. The lowest BCUT2D eigenvalue weighted by atomic mass is 9.82. The Morgan fingerprint density at radius 2 is 1.91 bits per heavy atom. The van der Waals surface area contributed by atoms with Crippen molar-refractivity contribution in [2.24, 2.45) is 5.92 Å². The second-order valence-electron chi connectivity index (χ2n) is 11.2. The van der Waals surface area contributed by atoms with Gasteiger partial charge in [0.2, 0.25) is 0 Å². The number of nitrogens with zero attached hydrogens (tertiary/aromatic N) is 7. The largest absolute Gasteiger partial charge is 0.396 e. The van der Waals surface area contributed by atoms with Gasteiger partial charge in [-0.05, 0) is 36.2 Å². The van der Waals surface area contributed by atoms with Gasteiger partial charge < -0.3 is 15.1 Å². The van der Waals surface area contributed by atoms with Crippen LogP contribution in [0.3, 0.4) is 0 Å². The Balaban J connectivity index is 1.28. The summed E-state index contributed by atoms with van der Waals surface area (Å²) in [5.41, 5.74) is -0.222. The highest BCUT2D eigenvalue weighted by molar-refractivity contribution is 6.07. The zero-order valence-electron chi connectivity index (χ0n) is 24.9. The normalized spacial score (nSPS) is 16.8. The number of carbonyl (C=O) groups excluding carboxylic acids is 1. The summed E-state index contributed by atoms with van der Waals surface area (Å²) in [5.74, 6) is -1.35. The number of aliphatic hydroxyl groups is 2. The van der Waals surface area contributed by atoms with Gasteiger partial charge in [0, 0.05) is 54.8 Å². The third-order valence-corrected chi connectivity index (χ3v) is 8.22. The van der Waals surface area contributed by atoms with Crippen LogP contribution in [0.25, 0.3) is 16.5 Å². The fourth-order valence-electron chi connectivity index (χ4n) is 5.77. The molecule has 2 aromatic heterocycles. The number of aliphatic hydroxyl groups excluding tert-OH is 1. The zero-order chi connectivity index (χ0) is 32.4. The van der Waals surface area contributed by atoms with Crippen molar-refractivity contribution in [2.75, 3.05) is 11.5 Å². The van der Waals surface area contributed by atoms with Crippen LogP contribution in [0.15, 0.2) is 96.1 Å². The molecule has 0 aliphatic carbocycles. The summed E-state index contributed by atoms with van der Waals surface area (Å²) in [7, 11) is 0. The van der Waals surface area contributed by atoms with Crippen LogP contribution in [-0.2, 0) is 29.9 Å². The Bertz CT molecular complexity index is 2040. The number of aromatic nitrogens is 5. The number of non-ortho nitro benzene ring substituents is 1. The van der Waals surface area contributed by atoms with Gasteiger partial charge >= 0.3 is 0 Å². The molecule has 1 aliphatic rings. The predicted octanol–water partition coefficient (Wildman–Crippen LogP) is 3.44. The summed E-state index contributed by atoms with van der Waals surface area (Å²) in [6.45, 7) is 2.20. The van der Waals surface area contributed by atoms with Gasteiger partial charge in [0.1, 0.15) is 0 Å². The minimum absolute atomic E-state index is 0.0213. The predicted molar refractivity (Wildman–Crippen MR) is 169 cm³/mol. The lowest BCUT2D eigenvalue weighted by Gasteiger charge is -2.27. The third kappa shape index (κ3) is 5.57. The zero-order valence-corrected chi connectivity index (χ0v) is 24.9. The molecule has 46 heavy (non-hydrogen) atoms. The van der Waals surface area contributed by atoms with E-state index in [-0.39, 0.29) is 30.0 Å². The lowest BCUT2D eigenvalue weighted by Crippen LogP contribution is -2.44. The van der Waals surface area contributed by atoms with E-state index in [9.17, 15) is 24.8 Å². The van der Waals surface area contributed by atoms with Crippen molar-refractivity contribution < 1.29 is 19.9 Å². The molecule has 3 aromatic carbocycles. The molecule has 13 nitrogen and oxygen atoms in total. The van der Waals surface area contributed by atoms with E-state index in [1.165, 1.54) is 27.8 Å². The number of nitro benzene ring substituents is 1. The number of carbonyl (C=O) groups is 1. The van der Waals surface area contributed by atoms with E-state index in [0.717, 1.165) is 5.39 Å². The van der Waals surface area contributed by atoms with E-state index in [1.807, 2.05) is 18.2 Å². The van der Waals surface area contributed by atoms with Gasteiger partial charge in [-0.25, -0.2) is 0 Å². The minimum Gasteiger partial charge on any atom is -0.396 e. The smallest absolute Gasteiger partial charge is 0.279 e. The Hall–Kier alpha value is -5.53. The number of nitro groups is 1. The van der Waals surface area contributed by atoms with Crippen molar-refractivity contribution in [3.63, 3.8) is 0 Å². The molecule has 1 amide bonds. The first-order chi connectivity index (χ1) is 22.2. The van der Waals surface area contributed by atoms with Crippen LogP contribution in [0.2, 0.25) is 0 Å². The van der Waals surface area contributed by atoms with Crippen molar-refractivity contribution in [3.05, 3.63) is 129 Å². The summed E-state index contributed by atoms with van der Waals surface area (Å²) >= 11 is 0. The average molecular weight is 622 g/mol. The Morgan fingerprint density at radius 3 is 2.72 bits per heavy atom. The lowest BCUT2D eigenvalue weighted by molar-refractivity contribution is -0.385. The molecular weight excluding hydrogens is 590 g/mol. The van der Waals surface area contributed by atoms with Gasteiger partial charge in [0.25, 0.3) is 17.2 Å². The van der Waals surface area contributed by atoms with Gasteiger partial charge in [-0.1, -0.05) is 54.6 Å². The van der Waals surface area contributed by atoms with Gasteiger partial charge in [-0.15, -0.1) is 5.10 Å². The molecule has 0 bridgehead atoms. The average Bonchev–Trinajstić information content (AvgIpc) is 3.60. The fourth-order valence-corrected chi connectivity index (χ4v) is 5.77. The second kappa shape index (κ2) is 12.5. The van der Waals surface area contributed by atoms with Crippen molar-refractivity contribution in [1.82, 2.24) is 24.8 Å². The number of rotatable bonds is 11. The van der Waals surface area contributed by atoms with E-state index >= 15 is 0 Å². The molecule has 0 fully saturated rings. The van der Waals surface area contributed by atoms with E-state index < -0.39 is 22.3 Å². The van der Waals surface area contributed by atoms with Crippen molar-refractivity contribution >= 4 is 28.1 Å². The quantitative estimate of drug-likeness (QED) is 0.127. The maximum absolute atomic E-state index is 14.0. The summed E-state index contributed by atoms with van der Waals surface area (Å²) in [6.07, 6.45) is 7.83. The highest BCUT2D eigenvalue weighted by Crippen LogP contribution is 2.47. The standard InChI is InChI=1S/C33H31N7O6/c1-22(7-4-5-15-37-21-25(14-16-41)35-36-37)33(44)29-18-27(40(45)46)12-13-30(29)38(32(33)43)20-23-8-6-10-26(17-23)39-31(42)28-11-3-2-9-24(28)19-34-39/h2-4,6-13,17-19,21-22,41,44H,5,14-16,20H2,1H3/b7-4+/t22-,33+/m0/s1. The molecule has 0 saturated heterocycles. The van der Waals surface area contributed by atoms with Crippen LogP contribution < -0.4 is 10.5 Å². The van der Waals surface area contributed by atoms with Gasteiger partial charge in [0.05, 0.1) is 40.1 Å². The summed E-state index contributed by atoms with van der Waals surface area (Å²) in [5, 5.41) is 46.3. The molecule has 234 valence electrons. The number of hydrogen-bond acceptors (Lipinski definition) is 9. The number of benzene rings is 3. The molecule has 5 aromatic rings. The maximum Gasteiger partial charge on any atom is 0.279 e. The van der Waals surface area contributed by atoms with Gasteiger partial charge in [-0.2, -0.15) is 9.78 Å². The molecule has 3 heterocycles. The monoisotopic (exact) mass is 621 g/mol. The Morgan fingerprint density at radius 1 is 1.09 bits per heavy atom. The van der Waals surface area contributed by atoms with E-state index in [2.05, 4.69) is 15.4 Å². The molecule has 2 atom stereocenters. The number of aryl methyl sites for hydroxylation is 1. The maximum atomic E-state index is 14.0. The van der Waals surface area contributed by atoms with E-state index in [1.54, 1.807) is 66.5 Å². The van der Waals surface area contributed by atoms with E-state index in [0.29, 0.717) is 47.4 Å². The number of amides is 1. The summed E-state index contributed by atoms with van der Waals surface area (Å²) < 4.78 is 2.94. The number of fused-ring (bicyclic) bond motifs is 2. The highest BCUT2D eigenvalue weighted by Gasteiger charge is 2.53. The van der Waals surface area contributed by atoms with Crippen LogP contribution in [-0.4, -0.2) is 52.4 Å². The molecule has 1 aliphatic heterocycles. The van der Waals surface area contributed by atoms with Crippen LogP contribution in [0.4, 0.5) is 11.4 Å². The summed E-state index contributed by atoms with van der Waals surface area (Å²) in [6, 6.07) is 18.3. The van der Waals surface area contributed by atoms with Gasteiger partial charge in [-0.3, -0.25) is 24.4 Å². The van der Waals surface area contributed by atoms with Crippen molar-refractivity contribution in [1.29, 1.82) is 0 Å². The van der Waals surface area contributed by atoms with E-state index in [4.69, 9.17) is 5.11 Å². The van der Waals surface area contributed by atoms with Crippen LogP contribution in [0.1, 0.15) is 30.2 Å². The van der Waals surface area contributed by atoms with Crippen LogP contribution in [0, 0.1) is 16.0 Å². The second-order valence-corrected chi connectivity index (χ2v) is 11.2. The minimum atomic E-state index is -2.06. The molecule has 0 radical (unpaired) electrons. The highest BCUT2D eigenvalue weighted by atomic mass is 16.6. The molecule has 6 rings (SSSR count). The summed E-state index contributed by atoms with van der Waals surface area (Å²) in [4.78, 5) is 39.7. The molecule has 0 unspecified atom stereocenters. The number of hydrogen-bond donors (Lipinski definition) is 2. The fraction of sp³-hybridized carbons (Fsp3) is 0.242. The van der Waals surface area contributed by atoms with Crippen molar-refractivity contribution in [2.45, 2.75) is 38.5 Å². The van der Waals surface area contributed by atoms with Crippen LogP contribution >= 0.6 is 0 Å². The molecule has 0 spiro atoms. The Kier molecular flexibility index (Phi) is 8.26. The SMILES string of the molecule is C[C@@H](/C=C/CCn1cc(CCO)nn1)[C@]1(O)C(=O)N(Cc2cccc(-n3ncc4ccccc4c3=O)c2)c2ccc([N+](=O)[O-])cc21. The first-order valence-electron chi connectivity index (χ1n) is 14.8. The molecular formula is C33H31N7O6. The third-order valence-electron chi connectivity index (χ3n) is 8.22. The molecule has 0 saturated carbocycles. The van der Waals surface area contributed by atoms with Crippen LogP contribution in [0.5, 0.6) is 0 Å². The molecule has 2 N–H and O–H groups in total. The molecule has 13 heteroatoms. The van der Waals surface area contributed by atoms with Crippen molar-refractivity contribution in [3.8, 4) is 5.69 Å². The first-order valence-corrected chi connectivity index (χ1v) is 14.8. The first kappa shape index (κ1) is 30.5. The topological polar surface area (TPSA) is 170 Å². The number of anilines is 1.